The fraction of sp³-hybridized carbons (Fsp3) is 0.167. The maximum absolute atomic E-state index is 8.92. The number of nitrogens with zero attached hydrogens (tertiary/aromatic N) is 2. The van der Waals surface area contributed by atoms with Crippen molar-refractivity contribution >= 4 is 0 Å². The molecular weight excluding hydrogens is 392 g/mol. The summed E-state index contributed by atoms with van der Waals surface area (Å²) in [6.07, 6.45) is 3.39. The van der Waals surface area contributed by atoms with Crippen LogP contribution in [-0.4, -0.2) is 0 Å². The van der Waals surface area contributed by atoms with Crippen molar-refractivity contribution in [3.8, 4) is 24.0 Å². The summed E-state index contributed by atoms with van der Waals surface area (Å²) in [5, 5.41) is 17.8. The summed E-state index contributed by atoms with van der Waals surface area (Å²) in [7, 11) is 0. The van der Waals surface area contributed by atoms with E-state index in [4.69, 9.17) is 36.2 Å². The monoisotopic (exact) mass is 412 g/mol. The molecule has 0 atom stereocenters. The minimum Gasteiger partial charge on any atom is -0.388 e. The van der Waals surface area contributed by atoms with Gasteiger partial charge in [0.1, 0.15) is 17.1 Å². The first-order valence-electron chi connectivity index (χ1n) is 9.69. The van der Waals surface area contributed by atoms with Crippen LogP contribution in [0.2, 0.25) is 0 Å². The molecule has 4 rings (SSSR count). The number of nitriles is 2. The average molecular weight is 412 g/mol. The minimum atomic E-state index is -0.916. The molecule has 0 radical (unpaired) electrons. The molecule has 0 unspecified atom stereocenters. The van der Waals surface area contributed by atoms with Gasteiger partial charge in [-0.15, -0.1) is 10.5 Å². The van der Waals surface area contributed by atoms with Gasteiger partial charge in [0.25, 0.3) is 12.5 Å². The highest BCUT2D eigenvalue weighted by molar-refractivity contribution is 5.56. The number of rotatable bonds is 6. The SMILES string of the molecule is N#COc1ccc(C2(c3ccc(OC#N)c(CN)c3)OCc3ccccc32)cc1CN. The Morgan fingerprint density at radius 1 is 0.839 bits per heavy atom. The molecule has 0 saturated heterocycles. The van der Waals surface area contributed by atoms with E-state index >= 15 is 0 Å². The number of fused-ring (bicyclic) bond motifs is 1. The second-order valence-corrected chi connectivity index (χ2v) is 7.07. The lowest BCUT2D eigenvalue weighted by molar-refractivity contribution is 0.0266. The number of hydrogen-bond acceptors (Lipinski definition) is 7. The van der Waals surface area contributed by atoms with E-state index in [-0.39, 0.29) is 13.1 Å². The second-order valence-electron chi connectivity index (χ2n) is 7.07. The molecule has 0 bridgehead atoms. The van der Waals surface area contributed by atoms with Gasteiger partial charge in [-0.1, -0.05) is 36.4 Å². The molecule has 7 nitrogen and oxygen atoms in total. The Labute approximate surface area is 180 Å². The van der Waals surface area contributed by atoms with Crippen LogP contribution in [0.4, 0.5) is 0 Å². The summed E-state index contributed by atoms with van der Waals surface area (Å²) in [6.45, 7) is 0.830. The zero-order valence-electron chi connectivity index (χ0n) is 16.7. The first kappa shape index (κ1) is 20.4. The zero-order chi connectivity index (χ0) is 21.8. The van der Waals surface area contributed by atoms with Gasteiger partial charge < -0.3 is 25.7 Å². The number of benzene rings is 3. The predicted octanol–water partition coefficient (Wildman–Crippen LogP) is 3.15. The molecule has 0 spiro atoms. The van der Waals surface area contributed by atoms with Gasteiger partial charge in [0.2, 0.25) is 0 Å². The quantitative estimate of drug-likeness (QED) is 0.595. The highest BCUT2D eigenvalue weighted by Crippen LogP contribution is 2.48. The second kappa shape index (κ2) is 8.47. The molecule has 7 heteroatoms. The highest BCUT2D eigenvalue weighted by atomic mass is 16.5. The van der Waals surface area contributed by atoms with E-state index in [1.54, 1.807) is 24.6 Å². The normalized spacial score (nSPS) is 13.7. The number of nitrogens with two attached hydrogens (primary N) is 2. The van der Waals surface area contributed by atoms with Crippen LogP contribution < -0.4 is 20.9 Å². The fourth-order valence-electron chi connectivity index (χ4n) is 4.11. The topological polar surface area (TPSA) is 127 Å². The molecule has 31 heavy (non-hydrogen) atoms. The van der Waals surface area contributed by atoms with E-state index in [2.05, 4.69) is 0 Å². The van der Waals surface area contributed by atoms with Gasteiger partial charge in [-0.3, -0.25) is 0 Å². The van der Waals surface area contributed by atoms with Crippen LogP contribution in [0.3, 0.4) is 0 Å². The van der Waals surface area contributed by atoms with E-state index in [0.29, 0.717) is 29.2 Å². The van der Waals surface area contributed by atoms with Crippen molar-refractivity contribution in [2.75, 3.05) is 0 Å². The van der Waals surface area contributed by atoms with Gasteiger partial charge in [0, 0.05) is 24.2 Å². The fourth-order valence-corrected chi connectivity index (χ4v) is 4.11. The third-order valence-electron chi connectivity index (χ3n) is 5.53. The van der Waals surface area contributed by atoms with Gasteiger partial charge in [-0.25, -0.2) is 0 Å². The summed E-state index contributed by atoms with van der Waals surface area (Å²) in [5.41, 5.74) is 16.1. The maximum Gasteiger partial charge on any atom is 0.292 e. The minimum absolute atomic E-state index is 0.200. The van der Waals surface area contributed by atoms with Crippen molar-refractivity contribution in [3.05, 3.63) is 94.0 Å². The number of hydrogen-bond donors (Lipinski definition) is 2. The highest BCUT2D eigenvalue weighted by Gasteiger charge is 2.44. The van der Waals surface area contributed by atoms with Crippen molar-refractivity contribution in [2.45, 2.75) is 25.3 Å². The third kappa shape index (κ3) is 3.37. The Morgan fingerprint density at radius 2 is 1.39 bits per heavy atom. The lowest BCUT2D eigenvalue weighted by Gasteiger charge is -2.32. The molecule has 0 amide bonds. The van der Waals surface area contributed by atoms with Gasteiger partial charge in [0.05, 0.1) is 6.61 Å². The van der Waals surface area contributed by atoms with Crippen LogP contribution in [0.25, 0.3) is 0 Å². The number of ether oxygens (including phenoxy) is 3. The van der Waals surface area contributed by atoms with Crippen molar-refractivity contribution < 1.29 is 14.2 Å². The largest absolute Gasteiger partial charge is 0.388 e. The van der Waals surface area contributed by atoms with Crippen LogP contribution in [0.1, 0.15) is 33.4 Å². The zero-order valence-corrected chi connectivity index (χ0v) is 16.7. The van der Waals surface area contributed by atoms with Crippen molar-refractivity contribution in [2.24, 2.45) is 11.5 Å². The molecule has 154 valence electrons. The smallest absolute Gasteiger partial charge is 0.292 e. The average Bonchev–Trinajstić information content (AvgIpc) is 3.20. The molecule has 0 fully saturated rings. The summed E-state index contributed by atoms with van der Waals surface area (Å²) in [6, 6.07) is 19.0. The first-order valence-corrected chi connectivity index (χ1v) is 9.69. The maximum atomic E-state index is 8.92. The van der Waals surface area contributed by atoms with Gasteiger partial charge >= 0.3 is 0 Å². The molecule has 0 saturated carbocycles. The van der Waals surface area contributed by atoms with Crippen molar-refractivity contribution in [1.29, 1.82) is 10.5 Å². The van der Waals surface area contributed by atoms with Crippen LogP contribution in [0.5, 0.6) is 11.5 Å². The van der Waals surface area contributed by atoms with Gasteiger partial charge in [-0.2, -0.15) is 0 Å². The van der Waals surface area contributed by atoms with Gasteiger partial charge in [-0.05, 0) is 46.5 Å². The molecule has 4 N–H and O–H groups in total. The van der Waals surface area contributed by atoms with Crippen molar-refractivity contribution in [1.82, 2.24) is 0 Å². The Hall–Kier alpha value is -3.88. The van der Waals surface area contributed by atoms with Crippen LogP contribution in [-0.2, 0) is 30.0 Å². The van der Waals surface area contributed by atoms with Gasteiger partial charge in [0.15, 0.2) is 0 Å². The van der Waals surface area contributed by atoms with Crippen LogP contribution >= 0.6 is 0 Å². The standard InChI is InChI=1S/C24H20N4O3/c25-11-17-9-19(5-7-22(17)29-14-27)24(21-4-2-1-3-16(21)13-31-24)20-6-8-23(30-15-28)18(10-20)12-26/h1-10H,11-13,25-26H2. The first-order chi connectivity index (χ1) is 15.2. The molecule has 3 aromatic rings. The molecule has 0 aliphatic carbocycles. The van der Waals surface area contributed by atoms with Crippen LogP contribution in [0.15, 0.2) is 60.7 Å². The third-order valence-corrected chi connectivity index (χ3v) is 5.53. The van der Waals surface area contributed by atoms with E-state index in [1.165, 1.54) is 0 Å². The predicted molar refractivity (Wildman–Crippen MR) is 112 cm³/mol. The van der Waals surface area contributed by atoms with E-state index in [0.717, 1.165) is 22.3 Å². The summed E-state index contributed by atoms with van der Waals surface area (Å²) >= 11 is 0. The molecule has 0 aromatic heterocycles. The Balaban J connectivity index is 1.96. The summed E-state index contributed by atoms with van der Waals surface area (Å²) < 4.78 is 16.6. The molecular formula is C24H20N4O3. The van der Waals surface area contributed by atoms with E-state index in [9.17, 15) is 0 Å². The van der Waals surface area contributed by atoms with E-state index in [1.807, 2.05) is 48.5 Å². The molecule has 3 aromatic carbocycles. The van der Waals surface area contributed by atoms with Crippen LogP contribution in [0, 0.1) is 23.0 Å². The Morgan fingerprint density at radius 3 is 1.90 bits per heavy atom. The molecule has 1 aliphatic rings. The lowest BCUT2D eigenvalue weighted by atomic mass is 9.79. The van der Waals surface area contributed by atoms with Crippen molar-refractivity contribution in [3.63, 3.8) is 0 Å². The summed E-state index contributed by atoms with van der Waals surface area (Å²) in [4.78, 5) is 0. The lowest BCUT2D eigenvalue weighted by Crippen LogP contribution is -2.29. The Bertz CT molecular complexity index is 1140. The molecule has 1 heterocycles. The van der Waals surface area contributed by atoms with E-state index < -0.39 is 5.60 Å². The molecule has 1 aliphatic heterocycles. The summed E-state index contributed by atoms with van der Waals surface area (Å²) in [5.74, 6) is 0.825. The Kier molecular flexibility index (Phi) is 5.57.